The van der Waals surface area contributed by atoms with E-state index >= 15 is 0 Å². The highest BCUT2D eigenvalue weighted by atomic mass is 16.3. The maximum Gasteiger partial charge on any atom is 0.159 e. The maximum atomic E-state index is 13.9. The van der Waals surface area contributed by atoms with Gasteiger partial charge in [0.15, 0.2) is 5.78 Å². The van der Waals surface area contributed by atoms with Crippen LogP contribution in [0.5, 0.6) is 0 Å². The summed E-state index contributed by atoms with van der Waals surface area (Å²) in [6.07, 6.45) is 22.7. The molecular weight excluding hydrogens is 701 g/mol. The van der Waals surface area contributed by atoms with Crippen LogP contribution in [-0.2, 0) is 11.3 Å². The second-order valence-corrected chi connectivity index (χ2v) is 21.7. The molecule has 0 aliphatic heterocycles. The maximum absolute atomic E-state index is 13.9. The highest BCUT2D eigenvalue weighted by molar-refractivity contribution is 5.95. The van der Waals surface area contributed by atoms with Crippen LogP contribution in [-0.4, -0.2) is 71.4 Å². The van der Waals surface area contributed by atoms with Gasteiger partial charge in [-0.25, -0.2) is 4.98 Å². The monoisotopic (exact) mass is 769 g/mol. The summed E-state index contributed by atoms with van der Waals surface area (Å²) >= 11 is 0. The molecule has 1 aromatic rings. The number of aliphatic hydroxyl groups is 5. The van der Waals surface area contributed by atoms with Crippen LogP contribution < -0.4 is 0 Å². The Morgan fingerprint density at radius 1 is 0.911 bits per heavy atom. The van der Waals surface area contributed by atoms with Crippen molar-refractivity contribution >= 4 is 5.78 Å². The minimum absolute atomic E-state index is 0.0271. The van der Waals surface area contributed by atoms with Crippen LogP contribution in [0.3, 0.4) is 0 Å². The first kappa shape index (κ1) is 38.1. The quantitative estimate of drug-likeness (QED) is 0.193. The molecule has 6 fully saturated rings. The van der Waals surface area contributed by atoms with Gasteiger partial charge in [0, 0.05) is 42.1 Å². The number of imidazole rings is 1. The van der Waals surface area contributed by atoms with Gasteiger partial charge in [0.05, 0.1) is 36.8 Å². The molecule has 0 radical (unpaired) electrons. The van der Waals surface area contributed by atoms with Crippen molar-refractivity contribution in [3.63, 3.8) is 0 Å². The number of carbonyl (C=O) groups excluding carboxylic acids is 1. The molecule has 0 bridgehead atoms. The topological polar surface area (TPSA) is 136 Å². The Balaban J connectivity index is 1.06. The zero-order valence-corrected chi connectivity index (χ0v) is 34.3. The fourth-order valence-corrected chi connectivity index (χ4v) is 16.7. The van der Waals surface area contributed by atoms with Crippen LogP contribution in [0.1, 0.15) is 136 Å². The van der Waals surface area contributed by atoms with Gasteiger partial charge in [-0.05, 0) is 154 Å². The van der Waals surface area contributed by atoms with E-state index in [0.29, 0.717) is 42.9 Å². The number of hydrogen-bond acceptors (Lipinski definition) is 7. The van der Waals surface area contributed by atoms with Crippen LogP contribution in [0.2, 0.25) is 0 Å². The lowest BCUT2D eigenvalue weighted by molar-refractivity contribution is -0.167. The Bertz CT molecular complexity index is 1840. The molecule has 10 rings (SSSR count). The van der Waals surface area contributed by atoms with Crippen LogP contribution in [0.4, 0.5) is 0 Å². The van der Waals surface area contributed by atoms with Crippen molar-refractivity contribution < 1.29 is 30.3 Å². The zero-order chi connectivity index (χ0) is 39.0. The normalized spacial score (nSPS) is 45.6. The molecule has 8 heteroatoms. The van der Waals surface area contributed by atoms with Crippen LogP contribution in [0, 0.1) is 63.1 Å². The number of hydrogen-bond donors (Lipinski definition) is 5. The lowest BCUT2D eigenvalue weighted by Crippen LogP contribution is -2.63. The summed E-state index contributed by atoms with van der Waals surface area (Å²) in [5.41, 5.74) is 4.74. The van der Waals surface area contributed by atoms with Crippen LogP contribution in [0.25, 0.3) is 0 Å². The molecule has 1 spiro atoms. The van der Waals surface area contributed by atoms with Gasteiger partial charge in [-0.15, -0.1) is 0 Å². The number of rotatable bonds is 6. The fraction of sp³-hybridized carbons (Fsp3) is 0.792. The molecule has 6 saturated carbocycles. The molecule has 1 aromatic heterocycles. The molecule has 306 valence electrons. The predicted molar refractivity (Wildman–Crippen MR) is 214 cm³/mol. The summed E-state index contributed by atoms with van der Waals surface area (Å²) in [6.45, 7) is 7.70. The van der Waals surface area contributed by atoms with E-state index in [1.807, 2.05) is 12.5 Å². The number of allylic oxidation sites excluding steroid dienone is 3. The first-order valence-electron chi connectivity index (χ1n) is 22.8. The number of aliphatic hydroxyl groups excluding tert-OH is 4. The van der Waals surface area contributed by atoms with Gasteiger partial charge < -0.3 is 30.1 Å². The molecule has 56 heavy (non-hydrogen) atoms. The van der Waals surface area contributed by atoms with Crippen molar-refractivity contribution in [2.45, 2.75) is 167 Å². The summed E-state index contributed by atoms with van der Waals surface area (Å²) in [6, 6.07) is 0. The average molecular weight is 769 g/mol. The predicted octanol–water partition coefficient (Wildman–Crippen LogP) is 7.24. The Morgan fingerprint density at radius 2 is 1.68 bits per heavy atom. The van der Waals surface area contributed by atoms with Gasteiger partial charge in [0.2, 0.25) is 0 Å². The van der Waals surface area contributed by atoms with E-state index in [9.17, 15) is 30.3 Å². The van der Waals surface area contributed by atoms with Crippen molar-refractivity contribution in [2.24, 2.45) is 63.1 Å². The van der Waals surface area contributed by atoms with Crippen molar-refractivity contribution in [3.8, 4) is 0 Å². The minimum atomic E-state index is -1.35. The fourth-order valence-electron chi connectivity index (χ4n) is 16.7. The van der Waals surface area contributed by atoms with E-state index in [-0.39, 0.29) is 53.8 Å². The van der Waals surface area contributed by atoms with Crippen molar-refractivity contribution in [1.82, 2.24) is 9.55 Å². The smallest absolute Gasteiger partial charge is 0.159 e. The first-order chi connectivity index (χ1) is 26.8. The Labute approximate surface area is 334 Å². The Morgan fingerprint density at radius 3 is 2.43 bits per heavy atom. The highest BCUT2D eigenvalue weighted by Crippen LogP contribution is 2.72. The molecule has 0 aromatic carbocycles. The Hall–Kier alpha value is -2.10. The van der Waals surface area contributed by atoms with Gasteiger partial charge in [0.25, 0.3) is 0 Å². The molecule has 13 atom stereocenters. The number of ketones is 1. The number of nitrogens with zero attached hydrogens (tertiary/aromatic N) is 2. The number of fused-ring (bicyclic) bond motifs is 8. The molecule has 5 N–H and O–H groups in total. The number of aryl methyl sites for hydroxylation is 1. The summed E-state index contributed by atoms with van der Waals surface area (Å²) in [4.78, 5) is 18.3. The molecule has 1 heterocycles. The van der Waals surface area contributed by atoms with E-state index < -0.39 is 34.7 Å². The molecule has 9 aliphatic rings. The van der Waals surface area contributed by atoms with Crippen molar-refractivity contribution in [1.29, 1.82) is 0 Å². The lowest BCUT2D eigenvalue weighted by atomic mass is 9.44. The SMILES string of the molecule is CC(C)(CCn1ccnc1)C1=C2CCCC3(CCCC3)[C@H]2C2=C3[C@H](CCC2)C[C@@H]([C@H]2CC[C@@]4(O)C5=CC(=O)[C@@H]6C[C@@H](O)[C@@H](O)C[C@]6(C)[C@H]5CC[C@]24CO)[C@H](O)[C@H]31. The molecular formula is C48H68N2O6. The van der Waals surface area contributed by atoms with Gasteiger partial charge in [-0.2, -0.15) is 0 Å². The Kier molecular flexibility index (Phi) is 8.99. The lowest BCUT2D eigenvalue weighted by Gasteiger charge is -2.62. The van der Waals surface area contributed by atoms with Crippen LogP contribution >= 0.6 is 0 Å². The first-order valence-corrected chi connectivity index (χ1v) is 22.8. The molecule has 0 saturated heterocycles. The summed E-state index contributed by atoms with van der Waals surface area (Å²) < 4.78 is 2.20. The number of carbonyl (C=O) groups is 1. The van der Waals surface area contributed by atoms with E-state index in [2.05, 4.69) is 36.5 Å². The zero-order valence-electron chi connectivity index (χ0n) is 34.3. The second-order valence-electron chi connectivity index (χ2n) is 21.7. The third-order valence-electron chi connectivity index (χ3n) is 19.1. The summed E-state index contributed by atoms with van der Waals surface area (Å²) in [5, 5.41) is 59.7. The van der Waals surface area contributed by atoms with Gasteiger partial charge in [-0.1, -0.05) is 55.9 Å². The third-order valence-corrected chi connectivity index (χ3v) is 19.1. The van der Waals surface area contributed by atoms with Crippen LogP contribution in [0.15, 0.2) is 52.7 Å². The number of aromatic nitrogens is 2. The van der Waals surface area contributed by atoms with Gasteiger partial charge >= 0.3 is 0 Å². The highest BCUT2D eigenvalue weighted by Gasteiger charge is 2.70. The molecule has 8 nitrogen and oxygen atoms in total. The molecule has 0 unspecified atom stereocenters. The van der Waals surface area contributed by atoms with Crippen molar-refractivity contribution in [3.05, 3.63) is 52.7 Å². The van der Waals surface area contributed by atoms with Gasteiger partial charge in [0.1, 0.15) is 0 Å². The van der Waals surface area contributed by atoms with Crippen molar-refractivity contribution in [2.75, 3.05) is 6.61 Å². The van der Waals surface area contributed by atoms with Gasteiger partial charge in [-0.3, -0.25) is 4.79 Å². The summed E-state index contributed by atoms with van der Waals surface area (Å²) in [5.74, 6) is 0.216. The largest absolute Gasteiger partial charge is 0.396 e. The molecule has 0 amide bonds. The summed E-state index contributed by atoms with van der Waals surface area (Å²) in [7, 11) is 0. The standard InChI is InChI=1S/C48H68N2O6/c1-44(2,18-20-50-21-19-49-27-50)42-30-10-7-15-46(13-4-5-14-46)41(30)29-9-6-8-28-22-31(43(55)40(42)39(28)29)32-12-17-48(56)34-23-36(52)35-24-37(53)38(54)25-45(35,3)33(34)11-16-47(32,48)26-51/h19,21,23,27-28,31-33,35,37-38,40-41,43,51,53-56H,4-18,20,22,24-26H2,1-3H3/t28-,31+,32-,33+,35+,37-,38+,40-,41+,43+,45-,47+,48-/m1/s1. The van der Waals surface area contributed by atoms with E-state index in [4.69, 9.17) is 0 Å². The van der Waals surface area contributed by atoms with E-state index in [1.54, 1.807) is 22.8 Å². The second kappa shape index (κ2) is 13.2. The molecule has 9 aliphatic carbocycles. The van der Waals surface area contributed by atoms with E-state index in [0.717, 1.165) is 50.6 Å². The average Bonchev–Trinajstić information content (AvgIpc) is 3.94. The third kappa shape index (κ3) is 5.13. The minimum Gasteiger partial charge on any atom is -0.396 e. The van der Waals surface area contributed by atoms with E-state index in [1.165, 1.54) is 50.5 Å².